The zero-order valence-electron chi connectivity index (χ0n) is 11.2. The van der Waals surface area contributed by atoms with Crippen LogP contribution in [-0.2, 0) is 4.79 Å². The van der Waals surface area contributed by atoms with Gasteiger partial charge >= 0.3 is 0 Å². The van der Waals surface area contributed by atoms with Crippen LogP contribution in [0.5, 0.6) is 11.5 Å². The van der Waals surface area contributed by atoms with Crippen molar-refractivity contribution in [2.24, 2.45) is 0 Å². The van der Waals surface area contributed by atoms with E-state index in [9.17, 15) is 9.90 Å². The summed E-state index contributed by atoms with van der Waals surface area (Å²) in [4.78, 5) is 11.5. The number of carbonyl (C=O) groups excluding carboxylic acids is 1. The fraction of sp³-hybridized carbons (Fsp3) is 0.400. The number of carbonyl (C=O) groups is 1. The van der Waals surface area contributed by atoms with Gasteiger partial charge < -0.3 is 14.6 Å². The lowest BCUT2D eigenvalue weighted by Gasteiger charge is -2.20. The highest BCUT2D eigenvalue weighted by molar-refractivity contribution is 5.91. The smallest absolute Gasteiger partial charge is 0.161 e. The van der Waals surface area contributed by atoms with Gasteiger partial charge in [0.2, 0.25) is 0 Å². The van der Waals surface area contributed by atoms with Gasteiger partial charge in [0, 0.05) is 18.9 Å². The second-order valence-electron chi connectivity index (χ2n) is 4.55. The molecule has 0 amide bonds. The molecule has 4 nitrogen and oxygen atoms in total. The molecule has 1 atom stereocenters. The second kappa shape index (κ2) is 5.78. The normalized spacial score (nSPS) is 18.9. The Bertz CT molecular complexity index is 505. The Morgan fingerprint density at radius 1 is 1.32 bits per heavy atom. The molecule has 1 aromatic carbocycles. The second-order valence-corrected chi connectivity index (χ2v) is 4.55. The van der Waals surface area contributed by atoms with Crippen molar-refractivity contribution in [3.05, 3.63) is 35.6 Å². The Labute approximate surface area is 112 Å². The molecule has 1 aliphatic rings. The molecule has 0 spiro atoms. The fourth-order valence-corrected chi connectivity index (χ4v) is 2.32. The molecule has 2 rings (SSSR count). The highest BCUT2D eigenvalue weighted by Gasteiger charge is 2.23. The van der Waals surface area contributed by atoms with Crippen LogP contribution in [0.2, 0.25) is 0 Å². The first-order valence-electron chi connectivity index (χ1n) is 6.37. The lowest BCUT2D eigenvalue weighted by atomic mass is 9.86. The van der Waals surface area contributed by atoms with Crippen LogP contribution in [0.4, 0.5) is 0 Å². The zero-order valence-corrected chi connectivity index (χ0v) is 11.2. The van der Waals surface area contributed by atoms with E-state index < -0.39 is 0 Å². The molecule has 0 bridgehead atoms. The average Bonchev–Trinajstić information content (AvgIpc) is 2.38. The summed E-state index contributed by atoms with van der Waals surface area (Å²) in [5.74, 6) is 1.45. The van der Waals surface area contributed by atoms with Gasteiger partial charge in [0.1, 0.15) is 0 Å². The summed E-state index contributed by atoms with van der Waals surface area (Å²) in [7, 11) is 1.59. The third kappa shape index (κ3) is 3.08. The number of aliphatic hydroxyl groups excluding tert-OH is 1. The van der Waals surface area contributed by atoms with Gasteiger partial charge in [-0.1, -0.05) is 6.07 Å². The first-order valence-corrected chi connectivity index (χ1v) is 6.37. The third-order valence-corrected chi connectivity index (χ3v) is 3.19. The highest BCUT2D eigenvalue weighted by Crippen LogP contribution is 2.36. The van der Waals surface area contributed by atoms with E-state index in [1.165, 1.54) is 6.08 Å². The molecule has 0 saturated heterocycles. The molecular weight excluding hydrogens is 244 g/mol. The van der Waals surface area contributed by atoms with Gasteiger partial charge in [0.05, 0.1) is 19.5 Å². The molecular formula is C15H18O4. The van der Waals surface area contributed by atoms with E-state index in [0.29, 0.717) is 30.9 Å². The van der Waals surface area contributed by atoms with Crippen LogP contribution in [0.1, 0.15) is 31.2 Å². The summed E-state index contributed by atoms with van der Waals surface area (Å²) in [6.07, 6.45) is 2.21. The van der Waals surface area contributed by atoms with Crippen molar-refractivity contribution in [3.63, 3.8) is 0 Å². The minimum Gasteiger partial charge on any atom is -0.512 e. The fourth-order valence-electron chi connectivity index (χ4n) is 2.32. The first-order chi connectivity index (χ1) is 9.13. The maximum absolute atomic E-state index is 11.5. The number of rotatable bonds is 4. The van der Waals surface area contributed by atoms with Gasteiger partial charge in [0.25, 0.3) is 0 Å². The van der Waals surface area contributed by atoms with Crippen molar-refractivity contribution in [2.45, 2.75) is 25.7 Å². The quantitative estimate of drug-likeness (QED) is 0.906. The molecule has 1 aliphatic carbocycles. The standard InChI is InChI=1S/C15H18O4/c1-3-19-14-5-4-10(8-15(14)18-2)11-6-12(16)9-13(17)7-11/h4-5,8-9,11,16H,3,6-7H2,1-2H3. The average molecular weight is 262 g/mol. The monoisotopic (exact) mass is 262 g/mol. The summed E-state index contributed by atoms with van der Waals surface area (Å²) < 4.78 is 10.8. The van der Waals surface area contributed by atoms with Crippen LogP contribution in [-0.4, -0.2) is 24.6 Å². The van der Waals surface area contributed by atoms with E-state index in [-0.39, 0.29) is 17.5 Å². The number of hydrogen-bond acceptors (Lipinski definition) is 4. The van der Waals surface area contributed by atoms with Crippen LogP contribution in [0.15, 0.2) is 30.0 Å². The molecule has 1 unspecified atom stereocenters. The molecule has 0 heterocycles. The number of benzene rings is 1. The zero-order chi connectivity index (χ0) is 13.8. The predicted molar refractivity (Wildman–Crippen MR) is 71.9 cm³/mol. The molecule has 1 aromatic rings. The van der Waals surface area contributed by atoms with Crippen LogP contribution in [0, 0.1) is 0 Å². The van der Waals surface area contributed by atoms with Crippen molar-refractivity contribution >= 4 is 5.78 Å². The largest absolute Gasteiger partial charge is 0.512 e. The molecule has 0 radical (unpaired) electrons. The van der Waals surface area contributed by atoms with Crippen molar-refractivity contribution in [2.75, 3.05) is 13.7 Å². The Balaban J connectivity index is 2.26. The number of hydrogen-bond donors (Lipinski definition) is 1. The molecule has 102 valence electrons. The van der Waals surface area contributed by atoms with E-state index in [1.54, 1.807) is 7.11 Å². The van der Waals surface area contributed by atoms with E-state index in [1.807, 2.05) is 25.1 Å². The van der Waals surface area contributed by atoms with Gasteiger partial charge in [-0.3, -0.25) is 4.79 Å². The maximum atomic E-state index is 11.5. The molecule has 1 N–H and O–H groups in total. The molecule has 4 heteroatoms. The minimum absolute atomic E-state index is 0.00192. The van der Waals surface area contributed by atoms with E-state index in [0.717, 1.165) is 5.56 Å². The van der Waals surface area contributed by atoms with Gasteiger partial charge in [-0.2, -0.15) is 0 Å². The van der Waals surface area contributed by atoms with Crippen molar-refractivity contribution in [3.8, 4) is 11.5 Å². The van der Waals surface area contributed by atoms with Gasteiger partial charge in [-0.15, -0.1) is 0 Å². The summed E-state index contributed by atoms with van der Waals surface area (Å²) in [6, 6.07) is 5.64. The highest BCUT2D eigenvalue weighted by atomic mass is 16.5. The first kappa shape index (κ1) is 13.5. The number of methoxy groups -OCH3 is 1. The van der Waals surface area contributed by atoms with E-state index in [2.05, 4.69) is 0 Å². The number of ketones is 1. The SMILES string of the molecule is CCOc1ccc(C2CC(=O)C=C(O)C2)cc1OC. The summed E-state index contributed by atoms with van der Waals surface area (Å²) in [5, 5.41) is 9.56. The van der Waals surface area contributed by atoms with E-state index in [4.69, 9.17) is 9.47 Å². The van der Waals surface area contributed by atoms with Crippen LogP contribution in [0.3, 0.4) is 0 Å². The van der Waals surface area contributed by atoms with Crippen molar-refractivity contribution in [1.29, 1.82) is 0 Å². The molecule has 19 heavy (non-hydrogen) atoms. The number of aliphatic hydroxyl groups is 1. The molecule has 0 aromatic heterocycles. The summed E-state index contributed by atoms with van der Waals surface area (Å²) in [5.41, 5.74) is 0.980. The Morgan fingerprint density at radius 2 is 2.11 bits per heavy atom. The van der Waals surface area contributed by atoms with Gasteiger partial charge in [0.15, 0.2) is 17.3 Å². The number of allylic oxidation sites excluding steroid dienone is 2. The van der Waals surface area contributed by atoms with Crippen LogP contribution >= 0.6 is 0 Å². The van der Waals surface area contributed by atoms with E-state index >= 15 is 0 Å². The van der Waals surface area contributed by atoms with Gasteiger partial charge in [-0.25, -0.2) is 0 Å². The molecule has 0 saturated carbocycles. The third-order valence-electron chi connectivity index (χ3n) is 3.19. The molecule has 0 fully saturated rings. The minimum atomic E-state index is -0.0402. The van der Waals surface area contributed by atoms with Crippen molar-refractivity contribution < 1.29 is 19.4 Å². The predicted octanol–water partition coefficient (Wildman–Crippen LogP) is 2.98. The Morgan fingerprint density at radius 3 is 2.74 bits per heavy atom. The topological polar surface area (TPSA) is 55.8 Å². The summed E-state index contributed by atoms with van der Waals surface area (Å²) >= 11 is 0. The van der Waals surface area contributed by atoms with Gasteiger partial charge in [-0.05, 0) is 30.5 Å². The van der Waals surface area contributed by atoms with Crippen LogP contribution < -0.4 is 9.47 Å². The Hall–Kier alpha value is -1.97. The summed E-state index contributed by atoms with van der Waals surface area (Å²) in [6.45, 7) is 2.48. The van der Waals surface area contributed by atoms with Crippen molar-refractivity contribution in [1.82, 2.24) is 0 Å². The molecule has 0 aliphatic heterocycles. The Kier molecular flexibility index (Phi) is 4.10. The van der Waals surface area contributed by atoms with Crippen LogP contribution in [0.25, 0.3) is 0 Å². The number of ether oxygens (including phenoxy) is 2. The maximum Gasteiger partial charge on any atom is 0.161 e. The lowest BCUT2D eigenvalue weighted by Crippen LogP contribution is -2.12. The lowest BCUT2D eigenvalue weighted by molar-refractivity contribution is -0.115.